The molecule has 1 fully saturated rings. The van der Waals surface area contributed by atoms with Gasteiger partial charge in [0.2, 0.25) is 0 Å². The third-order valence-electron chi connectivity index (χ3n) is 4.24. The Morgan fingerprint density at radius 2 is 2.08 bits per heavy atom. The highest BCUT2D eigenvalue weighted by Gasteiger charge is 2.33. The van der Waals surface area contributed by atoms with Gasteiger partial charge in [-0.05, 0) is 31.0 Å². The summed E-state index contributed by atoms with van der Waals surface area (Å²) >= 11 is 0. The van der Waals surface area contributed by atoms with Crippen LogP contribution < -0.4 is 5.32 Å². The third-order valence-corrected chi connectivity index (χ3v) is 5.99. The van der Waals surface area contributed by atoms with Crippen LogP contribution >= 0.6 is 0 Å². The van der Waals surface area contributed by atoms with Gasteiger partial charge in [-0.25, -0.2) is 18.4 Å². The number of aromatic nitrogens is 2. The number of hydrogen-bond donors (Lipinski definition) is 1. The van der Waals surface area contributed by atoms with E-state index in [0.29, 0.717) is 12.2 Å². The zero-order valence-electron chi connectivity index (χ0n) is 14.1. The van der Waals surface area contributed by atoms with Crippen LogP contribution in [0.2, 0.25) is 0 Å². The van der Waals surface area contributed by atoms with E-state index in [2.05, 4.69) is 15.3 Å². The summed E-state index contributed by atoms with van der Waals surface area (Å²) in [5.74, 6) is 0.348. The molecule has 2 heterocycles. The van der Waals surface area contributed by atoms with Crippen molar-refractivity contribution in [1.82, 2.24) is 14.9 Å². The number of carbonyl (C=O) groups excluding carboxylic acids is 1. The van der Waals surface area contributed by atoms with Crippen molar-refractivity contribution in [3.8, 4) is 0 Å². The molecule has 3 rings (SSSR count). The average molecular weight is 360 g/mol. The van der Waals surface area contributed by atoms with Crippen LogP contribution in [0, 0.1) is 6.92 Å². The van der Waals surface area contributed by atoms with Gasteiger partial charge in [0.1, 0.15) is 11.5 Å². The van der Waals surface area contributed by atoms with E-state index in [1.54, 1.807) is 7.05 Å². The van der Waals surface area contributed by atoms with E-state index >= 15 is 0 Å². The van der Waals surface area contributed by atoms with Gasteiger partial charge >= 0.3 is 0 Å². The Labute approximate surface area is 147 Å². The zero-order valence-corrected chi connectivity index (χ0v) is 15.0. The van der Waals surface area contributed by atoms with Crippen LogP contribution in [0.25, 0.3) is 0 Å². The van der Waals surface area contributed by atoms with E-state index < -0.39 is 9.84 Å². The summed E-state index contributed by atoms with van der Waals surface area (Å²) in [6, 6.07) is 7.53. The number of anilines is 2. The normalized spacial score (nSPS) is 18.7. The maximum absolute atomic E-state index is 12.5. The molecule has 25 heavy (non-hydrogen) atoms. The Balaban J connectivity index is 1.68. The Kier molecular flexibility index (Phi) is 4.71. The number of benzene rings is 1. The molecule has 1 aromatic heterocycles. The van der Waals surface area contributed by atoms with Crippen LogP contribution in [0.1, 0.15) is 22.5 Å². The van der Waals surface area contributed by atoms with Gasteiger partial charge in [0.15, 0.2) is 9.84 Å². The van der Waals surface area contributed by atoms with Crippen LogP contribution in [-0.4, -0.2) is 53.8 Å². The van der Waals surface area contributed by atoms with Crippen LogP contribution in [0.4, 0.5) is 11.5 Å². The monoisotopic (exact) mass is 360 g/mol. The molecule has 1 aliphatic rings. The first-order chi connectivity index (χ1) is 11.8. The van der Waals surface area contributed by atoms with Crippen molar-refractivity contribution >= 4 is 27.2 Å². The van der Waals surface area contributed by atoms with E-state index in [4.69, 9.17) is 0 Å². The molecule has 0 bridgehead atoms. The second-order valence-corrected chi connectivity index (χ2v) is 8.48. The minimum Gasteiger partial charge on any atom is -0.339 e. The Morgan fingerprint density at radius 3 is 2.68 bits per heavy atom. The van der Waals surface area contributed by atoms with Crippen molar-refractivity contribution in [3.63, 3.8) is 0 Å². The number of carbonyl (C=O) groups is 1. The van der Waals surface area contributed by atoms with E-state index in [9.17, 15) is 13.2 Å². The Morgan fingerprint density at radius 1 is 1.28 bits per heavy atom. The lowest BCUT2D eigenvalue weighted by atomic mass is 10.2. The first kappa shape index (κ1) is 17.3. The average Bonchev–Trinajstić information content (AvgIpc) is 2.94. The fourth-order valence-corrected chi connectivity index (χ4v) is 4.58. The SMILES string of the molecule is Cc1cccc(Nc2cnc(C(=O)N(C)C3CCS(=O)(=O)C3)cn2)c1. The lowest BCUT2D eigenvalue weighted by Crippen LogP contribution is -2.38. The molecule has 1 saturated heterocycles. The van der Waals surface area contributed by atoms with Crippen LogP contribution in [-0.2, 0) is 9.84 Å². The summed E-state index contributed by atoms with van der Waals surface area (Å²) in [4.78, 5) is 22.3. The third kappa shape index (κ3) is 4.14. The van der Waals surface area contributed by atoms with Crippen molar-refractivity contribution in [2.45, 2.75) is 19.4 Å². The topological polar surface area (TPSA) is 92.3 Å². The van der Waals surface area contributed by atoms with Gasteiger partial charge in [0.25, 0.3) is 5.91 Å². The molecule has 8 heteroatoms. The summed E-state index contributed by atoms with van der Waals surface area (Å²) in [6.45, 7) is 2.00. The number of sulfone groups is 1. The molecule has 1 N–H and O–H groups in total. The van der Waals surface area contributed by atoms with Crippen molar-refractivity contribution in [2.75, 3.05) is 23.9 Å². The number of amides is 1. The highest BCUT2D eigenvalue weighted by molar-refractivity contribution is 7.91. The largest absolute Gasteiger partial charge is 0.339 e. The van der Waals surface area contributed by atoms with Crippen LogP contribution in [0.3, 0.4) is 0 Å². The highest BCUT2D eigenvalue weighted by Crippen LogP contribution is 2.19. The summed E-state index contributed by atoms with van der Waals surface area (Å²) in [6.07, 6.45) is 3.36. The van der Waals surface area contributed by atoms with Crippen molar-refractivity contribution in [1.29, 1.82) is 0 Å². The molecular weight excluding hydrogens is 340 g/mol. The molecule has 1 aromatic carbocycles. The quantitative estimate of drug-likeness (QED) is 0.894. The van der Waals surface area contributed by atoms with Crippen molar-refractivity contribution < 1.29 is 13.2 Å². The summed E-state index contributed by atoms with van der Waals surface area (Å²) in [5, 5.41) is 3.13. The van der Waals surface area contributed by atoms with Gasteiger partial charge in [0, 0.05) is 18.8 Å². The van der Waals surface area contributed by atoms with E-state index in [0.717, 1.165) is 11.3 Å². The predicted octanol–water partition coefficient (Wildman–Crippen LogP) is 1.79. The van der Waals surface area contributed by atoms with Crippen LogP contribution in [0.5, 0.6) is 0 Å². The Bertz CT molecular complexity index is 881. The predicted molar refractivity (Wildman–Crippen MR) is 95.6 cm³/mol. The molecule has 0 spiro atoms. The van der Waals surface area contributed by atoms with Crippen molar-refractivity contribution in [3.05, 3.63) is 47.9 Å². The maximum Gasteiger partial charge on any atom is 0.274 e. The Hall–Kier alpha value is -2.48. The highest BCUT2D eigenvalue weighted by atomic mass is 32.2. The van der Waals surface area contributed by atoms with Gasteiger partial charge in [-0.1, -0.05) is 12.1 Å². The second-order valence-electron chi connectivity index (χ2n) is 6.25. The standard InChI is InChI=1S/C17H20N4O3S/c1-12-4-3-5-13(8-12)20-16-10-18-15(9-19-16)17(22)21(2)14-6-7-25(23,24)11-14/h3-5,8-10,14H,6-7,11H2,1-2H3,(H,19,20). The minimum absolute atomic E-state index is 0.00959. The maximum atomic E-state index is 12.5. The van der Waals surface area contributed by atoms with Crippen LogP contribution in [0.15, 0.2) is 36.7 Å². The van der Waals surface area contributed by atoms with E-state index in [1.165, 1.54) is 17.3 Å². The molecular formula is C17H20N4O3S. The lowest BCUT2D eigenvalue weighted by molar-refractivity contribution is 0.0741. The number of nitrogens with zero attached hydrogens (tertiary/aromatic N) is 3. The van der Waals surface area contributed by atoms with Gasteiger partial charge in [-0.2, -0.15) is 0 Å². The van der Waals surface area contributed by atoms with Crippen molar-refractivity contribution in [2.24, 2.45) is 0 Å². The number of rotatable bonds is 4. The summed E-state index contributed by atoms with van der Waals surface area (Å²) in [5.41, 5.74) is 2.21. The first-order valence-corrected chi connectivity index (χ1v) is 9.79. The molecule has 1 unspecified atom stereocenters. The molecule has 7 nitrogen and oxygen atoms in total. The van der Waals surface area contributed by atoms with E-state index in [-0.39, 0.29) is 29.1 Å². The fourth-order valence-electron chi connectivity index (χ4n) is 2.80. The minimum atomic E-state index is -3.04. The van der Waals surface area contributed by atoms with Gasteiger partial charge in [-0.3, -0.25) is 4.79 Å². The zero-order chi connectivity index (χ0) is 18.0. The fraction of sp³-hybridized carbons (Fsp3) is 0.353. The van der Waals surface area contributed by atoms with Gasteiger partial charge in [-0.15, -0.1) is 0 Å². The number of hydrogen-bond acceptors (Lipinski definition) is 6. The molecule has 0 radical (unpaired) electrons. The smallest absolute Gasteiger partial charge is 0.274 e. The molecule has 1 aliphatic heterocycles. The summed E-state index contributed by atoms with van der Waals surface area (Å²) < 4.78 is 23.1. The molecule has 1 atom stereocenters. The lowest BCUT2D eigenvalue weighted by Gasteiger charge is -2.22. The number of aryl methyl sites for hydroxylation is 1. The second kappa shape index (κ2) is 6.79. The molecule has 2 aromatic rings. The van der Waals surface area contributed by atoms with E-state index in [1.807, 2.05) is 31.2 Å². The molecule has 132 valence electrons. The summed E-state index contributed by atoms with van der Waals surface area (Å²) in [7, 11) is -1.44. The van der Waals surface area contributed by atoms with Gasteiger partial charge < -0.3 is 10.2 Å². The molecule has 0 aliphatic carbocycles. The van der Waals surface area contributed by atoms with Gasteiger partial charge in [0.05, 0.1) is 23.9 Å². The molecule has 1 amide bonds. The number of nitrogens with one attached hydrogen (secondary N) is 1. The first-order valence-electron chi connectivity index (χ1n) is 7.97. The molecule has 0 saturated carbocycles.